The maximum atomic E-state index is 5.57. The van der Waals surface area contributed by atoms with Gasteiger partial charge in [-0.2, -0.15) is 7.05 Å². The maximum Gasteiger partial charge on any atom is 0.129 e. The van der Waals surface area contributed by atoms with Crippen LogP contribution in [0.3, 0.4) is 0 Å². The second-order valence-electron chi connectivity index (χ2n) is 1.96. The topological polar surface area (TPSA) is 27.0 Å². The molecule has 0 unspecified atom stereocenters. The minimum Gasteiger partial charge on any atom is -0.661 e. The van der Waals surface area contributed by atoms with E-state index in [0.717, 1.165) is 5.56 Å². The van der Waals surface area contributed by atoms with Gasteiger partial charge in [-0.1, -0.05) is 23.2 Å². The standard InChI is InChI=1S/C7H8ClN2/c1-9-4-6-2-3-7(8)10-5-6/h2-3,5H,4H2,1H3/q-1. The summed E-state index contributed by atoms with van der Waals surface area (Å²) in [6.45, 7) is 0.712. The van der Waals surface area contributed by atoms with Crippen LogP contribution in [0.2, 0.25) is 5.15 Å². The molecular weight excluding hydrogens is 148 g/mol. The van der Waals surface area contributed by atoms with Gasteiger partial charge in [-0.15, -0.1) is 6.54 Å². The average Bonchev–Trinajstić information content (AvgIpc) is 1.95. The molecule has 0 radical (unpaired) electrons. The molecule has 0 atom stereocenters. The first-order chi connectivity index (χ1) is 4.83. The molecule has 0 aliphatic rings. The maximum absolute atomic E-state index is 5.57. The zero-order valence-electron chi connectivity index (χ0n) is 5.71. The highest BCUT2D eigenvalue weighted by Crippen LogP contribution is 2.06. The molecule has 0 aliphatic heterocycles. The molecule has 3 heteroatoms. The summed E-state index contributed by atoms with van der Waals surface area (Å²) in [5.41, 5.74) is 1.09. The largest absolute Gasteiger partial charge is 0.661 e. The van der Waals surface area contributed by atoms with Crippen LogP contribution in [0.15, 0.2) is 18.3 Å². The summed E-state index contributed by atoms with van der Waals surface area (Å²) < 4.78 is 0. The third-order valence-corrected chi connectivity index (χ3v) is 1.35. The highest BCUT2D eigenvalue weighted by atomic mass is 35.5. The lowest BCUT2D eigenvalue weighted by atomic mass is 10.3. The quantitative estimate of drug-likeness (QED) is 0.602. The van der Waals surface area contributed by atoms with Crippen LogP contribution in [-0.2, 0) is 6.54 Å². The van der Waals surface area contributed by atoms with E-state index in [1.807, 2.05) is 6.07 Å². The molecule has 54 valence electrons. The highest BCUT2D eigenvalue weighted by Gasteiger charge is 1.86. The van der Waals surface area contributed by atoms with Crippen molar-refractivity contribution in [3.05, 3.63) is 34.4 Å². The molecule has 1 aromatic rings. The summed E-state index contributed by atoms with van der Waals surface area (Å²) >= 11 is 5.57. The van der Waals surface area contributed by atoms with Crippen molar-refractivity contribution >= 4 is 11.6 Å². The van der Waals surface area contributed by atoms with Crippen LogP contribution in [0.4, 0.5) is 0 Å². The smallest absolute Gasteiger partial charge is 0.129 e. The van der Waals surface area contributed by atoms with Gasteiger partial charge in [-0.25, -0.2) is 4.98 Å². The zero-order valence-corrected chi connectivity index (χ0v) is 6.47. The molecule has 0 saturated heterocycles. The zero-order chi connectivity index (χ0) is 7.40. The Balaban J connectivity index is 2.69. The van der Waals surface area contributed by atoms with E-state index >= 15 is 0 Å². The lowest BCUT2D eigenvalue weighted by Crippen LogP contribution is -1.83. The van der Waals surface area contributed by atoms with Crippen LogP contribution >= 0.6 is 11.6 Å². The molecule has 0 saturated carbocycles. The van der Waals surface area contributed by atoms with Crippen LogP contribution in [0, 0.1) is 0 Å². The van der Waals surface area contributed by atoms with Crippen molar-refractivity contribution in [2.24, 2.45) is 0 Å². The Kier molecular flexibility index (Phi) is 2.66. The second kappa shape index (κ2) is 3.54. The minimum absolute atomic E-state index is 0.528. The molecule has 0 spiro atoms. The van der Waals surface area contributed by atoms with Gasteiger partial charge < -0.3 is 5.32 Å². The molecule has 0 aromatic carbocycles. The number of aromatic nitrogens is 1. The normalized spacial score (nSPS) is 9.80. The van der Waals surface area contributed by atoms with E-state index in [0.29, 0.717) is 11.7 Å². The van der Waals surface area contributed by atoms with Crippen molar-refractivity contribution in [2.75, 3.05) is 7.05 Å². The van der Waals surface area contributed by atoms with Gasteiger partial charge in [-0.3, -0.25) is 0 Å². The van der Waals surface area contributed by atoms with Crippen molar-refractivity contribution in [2.45, 2.75) is 6.54 Å². The van der Waals surface area contributed by atoms with Crippen molar-refractivity contribution in [3.63, 3.8) is 0 Å². The van der Waals surface area contributed by atoms with Gasteiger partial charge >= 0.3 is 0 Å². The van der Waals surface area contributed by atoms with E-state index in [-0.39, 0.29) is 0 Å². The molecule has 10 heavy (non-hydrogen) atoms. The fourth-order valence-corrected chi connectivity index (χ4v) is 0.794. The predicted octanol–water partition coefficient (Wildman–Crippen LogP) is 2.24. The summed E-state index contributed by atoms with van der Waals surface area (Å²) in [5.74, 6) is 0. The van der Waals surface area contributed by atoms with Gasteiger partial charge in [0.15, 0.2) is 0 Å². The van der Waals surface area contributed by atoms with Gasteiger partial charge in [0, 0.05) is 6.20 Å². The Morgan fingerprint density at radius 1 is 1.60 bits per heavy atom. The van der Waals surface area contributed by atoms with Crippen LogP contribution in [-0.4, -0.2) is 12.0 Å². The minimum atomic E-state index is 0.528. The fourth-order valence-electron chi connectivity index (χ4n) is 0.683. The van der Waals surface area contributed by atoms with Crippen LogP contribution in [0.5, 0.6) is 0 Å². The van der Waals surface area contributed by atoms with E-state index < -0.39 is 0 Å². The summed E-state index contributed by atoms with van der Waals surface area (Å²) in [6, 6.07) is 3.68. The number of halogens is 1. The monoisotopic (exact) mass is 155 g/mol. The third kappa shape index (κ3) is 1.97. The van der Waals surface area contributed by atoms with Gasteiger partial charge in [-0.05, 0) is 6.07 Å². The Morgan fingerprint density at radius 2 is 2.40 bits per heavy atom. The molecule has 1 rings (SSSR count). The molecule has 2 nitrogen and oxygen atoms in total. The summed E-state index contributed by atoms with van der Waals surface area (Å²) in [5, 5.41) is 4.48. The van der Waals surface area contributed by atoms with Gasteiger partial charge in [0.1, 0.15) is 5.15 Å². The van der Waals surface area contributed by atoms with E-state index in [4.69, 9.17) is 11.6 Å². The van der Waals surface area contributed by atoms with Gasteiger partial charge in [0.2, 0.25) is 0 Å². The van der Waals surface area contributed by atoms with E-state index in [1.54, 1.807) is 19.3 Å². The van der Waals surface area contributed by atoms with Crippen LogP contribution in [0.25, 0.3) is 5.32 Å². The SMILES string of the molecule is C[N-]Cc1ccc(Cl)nc1. The molecule has 0 N–H and O–H groups in total. The average molecular weight is 156 g/mol. The number of pyridine rings is 1. The first-order valence-corrected chi connectivity index (χ1v) is 3.37. The lowest BCUT2D eigenvalue weighted by molar-refractivity contribution is 1.14. The van der Waals surface area contributed by atoms with E-state index in [1.165, 1.54) is 0 Å². The second-order valence-corrected chi connectivity index (χ2v) is 2.35. The molecule has 0 fully saturated rings. The van der Waals surface area contributed by atoms with E-state index in [2.05, 4.69) is 10.3 Å². The van der Waals surface area contributed by atoms with Crippen LogP contribution in [0.1, 0.15) is 5.56 Å². The predicted molar refractivity (Wildman–Crippen MR) is 42.2 cm³/mol. The molecule has 0 bridgehead atoms. The first-order valence-electron chi connectivity index (χ1n) is 2.99. The summed E-state index contributed by atoms with van der Waals surface area (Å²) in [7, 11) is 1.77. The first kappa shape index (κ1) is 7.51. The molecular formula is C7H8ClN2-. The Bertz CT molecular complexity index is 195. The van der Waals surface area contributed by atoms with Crippen molar-refractivity contribution in [1.29, 1.82) is 0 Å². The molecule has 1 heterocycles. The van der Waals surface area contributed by atoms with Gasteiger partial charge in [0.25, 0.3) is 0 Å². The molecule has 0 aliphatic carbocycles. The highest BCUT2D eigenvalue weighted by molar-refractivity contribution is 6.29. The number of hydrogen-bond acceptors (Lipinski definition) is 1. The molecule has 0 amide bonds. The Hall–Kier alpha value is -0.600. The number of nitrogens with zero attached hydrogens (tertiary/aromatic N) is 2. The third-order valence-electron chi connectivity index (χ3n) is 1.13. The number of rotatable bonds is 2. The fraction of sp³-hybridized carbons (Fsp3) is 0.286. The lowest BCUT2D eigenvalue weighted by Gasteiger charge is -2.09. The summed E-state index contributed by atoms with van der Waals surface area (Å²) in [6.07, 6.45) is 1.73. The summed E-state index contributed by atoms with van der Waals surface area (Å²) in [4.78, 5) is 3.90. The van der Waals surface area contributed by atoms with E-state index in [9.17, 15) is 0 Å². The van der Waals surface area contributed by atoms with Crippen molar-refractivity contribution in [3.8, 4) is 0 Å². The Labute approximate surface area is 65.2 Å². The number of hydrogen-bond donors (Lipinski definition) is 0. The van der Waals surface area contributed by atoms with Crippen molar-refractivity contribution < 1.29 is 0 Å². The van der Waals surface area contributed by atoms with Crippen molar-refractivity contribution in [1.82, 2.24) is 4.98 Å². The van der Waals surface area contributed by atoms with Crippen LogP contribution < -0.4 is 0 Å². The Morgan fingerprint density at radius 3 is 2.90 bits per heavy atom. The van der Waals surface area contributed by atoms with Gasteiger partial charge in [0.05, 0.1) is 0 Å². The molecule has 1 aromatic heterocycles.